The molecule has 0 unspecified atom stereocenters. The number of fused-ring (bicyclic) bond motifs is 1. The highest BCUT2D eigenvalue weighted by molar-refractivity contribution is 8.19. The molecule has 23 valence electrons. The van der Waals surface area contributed by atoms with Crippen LogP contribution in [-0.2, 0) is 0 Å². The van der Waals surface area contributed by atoms with Gasteiger partial charge in [-0.3, -0.25) is 0 Å². The van der Waals surface area contributed by atoms with Gasteiger partial charge in [-0.2, -0.15) is 0 Å². The maximum Gasteiger partial charge on any atom is 0.346 e. The predicted octanol–water partition coefficient (Wildman–Crippen LogP) is -2.28. The largest absolute Gasteiger partial charge is 0.346 e. The molecule has 0 spiro atoms. The molecule has 2 heterocycles. The molecule has 6 heteroatoms. The van der Waals surface area contributed by atoms with E-state index in [9.17, 15) is 0 Å². The molecular formula is Si6+. The molecule has 0 nitrogen and oxygen atoms in total. The summed E-state index contributed by atoms with van der Waals surface area (Å²) < 4.78 is 0. The van der Waals surface area contributed by atoms with Crippen LogP contribution in [0.15, 0.2) is 0 Å². The van der Waals surface area contributed by atoms with Crippen molar-refractivity contribution >= 4 is 48.9 Å². The van der Waals surface area contributed by atoms with Crippen molar-refractivity contribution < 1.29 is 0 Å². The van der Waals surface area contributed by atoms with Crippen molar-refractivity contribution in [3.8, 4) is 0 Å². The number of rotatable bonds is 0. The molecule has 2 aliphatic heterocycles. The van der Waals surface area contributed by atoms with Gasteiger partial charge < -0.3 is 0 Å². The van der Waals surface area contributed by atoms with E-state index in [0.717, 1.165) is 0 Å². The molecule has 2 aliphatic rings. The van der Waals surface area contributed by atoms with Gasteiger partial charge in [-0.1, -0.05) is 0 Å². The first-order valence-corrected chi connectivity index (χ1v) is 15.8. The summed E-state index contributed by atoms with van der Waals surface area (Å²) in [4.78, 5) is 0. The standard InChI is InChI=1S/Si6/c1-2-5-4-6(5)3-1/q+1. The number of hydrogen-bond acceptors (Lipinski definition) is 0. The van der Waals surface area contributed by atoms with Gasteiger partial charge in [0.1, 0.15) is 0 Å². The maximum atomic E-state index is 1.62. The van der Waals surface area contributed by atoms with Gasteiger partial charge in [0.2, 0.25) is 0 Å². The molecule has 0 atom stereocenters. The Hall–Kier alpha value is 1.30. The van der Waals surface area contributed by atoms with Gasteiger partial charge in [0.05, 0.1) is 14.7 Å². The normalized spacial score (nSPS) is 32.7. The van der Waals surface area contributed by atoms with Crippen LogP contribution in [0.25, 0.3) is 0 Å². The summed E-state index contributed by atoms with van der Waals surface area (Å²) in [6, 6.07) is 0. The molecular weight excluding hydrogens is 169 g/mol. The molecule has 0 bridgehead atoms. The fourth-order valence-corrected chi connectivity index (χ4v) is 106. The van der Waals surface area contributed by atoms with Gasteiger partial charge >= 0.3 is 8.55 Å². The third kappa shape index (κ3) is 0.554. The highest BCUT2D eigenvalue weighted by Crippen LogP contribution is 2.06. The van der Waals surface area contributed by atoms with Crippen molar-refractivity contribution in [3.05, 3.63) is 0 Å². The Kier molecular flexibility index (Phi) is 0.972. The van der Waals surface area contributed by atoms with E-state index in [4.69, 9.17) is 0 Å². The van der Waals surface area contributed by atoms with Crippen LogP contribution in [0, 0.1) is 0 Å². The SMILES string of the molecule is [Si]1[Si+][Si][Si]2[Si][Si]12. The molecule has 0 aromatic heterocycles. The van der Waals surface area contributed by atoms with E-state index < -0.39 is 0 Å². The lowest BCUT2D eigenvalue weighted by molar-refractivity contribution is 4.00. The fourth-order valence-electron chi connectivity index (χ4n) is 0.438. The lowest BCUT2D eigenvalue weighted by Gasteiger charge is -1.55. The zero-order valence-electron chi connectivity index (χ0n) is 3.00. The molecule has 0 amide bonds. The average molecular weight is 169 g/mol. The van der Waals surface area contributed by atoms with Gasteiger partial charge in [0.15, 0.2) is 0 Å². The van der Waals surface area contributed by atoms with Crippen LogP contribution in [0.4, 0.5) is 0 Å². The average Bonchev–Trinajstić information content (AvgIpc) is 2.17. The molecule has 6 heavy (non-hydrogen) atoms. The maximum absolute atomic E-state index is 1.62. The van der Waals surface area contributed by atoms with Crippen LogP contribution >= 0.6 is 0 Å². The molecule has 2 saturated heterocycles. The molecule has 0 aromatic carbocycles. The molecule has 2 rings (SSSR count). The van der Waals surface area contributed by atoms with Crippen molar-refractivity contribution in [3.63, 3.8) is 0 Å². The van der Waals surface area contributed by atoms with Crippen LogP contribution in [0.5, 0.6) is 0 Å². The van der Waals surface area contributed by atoms with Crippen molar-refractivity contribution in [1.82, 2.24) is 0 Å². The predicted molar refractivity (Wildman–Crippen MR) is 34.5 cm³/mol. The van der Waals surface area contributed by atoms with E-state index in [2.05, 4.69) is 0 Å². The summed E-state index contributed by atoms with van der Waals surface area (Å²) in [5.41, 5.74) is 0. The van der Waals surface area contributed by atoms with Crippen LogP contribution in [0.2, 0.25) is 0 Å². The zero-order valence-corrected chi connectivity index (χ0v) is 9.00. The Balaban J connectivity index is 2.09. The number of hydrogen-bond donors (Lipinski definition) is 0. The van der Waals surface area contributed by atoms with Crippen LogP contribution in [0.1, 0.15) is 0 Å². The van der Waals surface area contributed by atoms with Gasteiger partial charge in [0.25, 0.3) is 17.1 Å². The van der Waals surface area contributed by atoms with E-state index in [0.29, 0.717) is 14.7 Å². The summed E-state index contributed by atoms with van der Waals surface area (Å²) in [5.74, 6) is 0. The second kappa shape index (κ2) is 1.39. The third-order valence-electron chi connectivity index (χ3n) is 0.812. The van der Waals surface area contributed by atoms with Crippen LogP contribution in [-0.4, -0.2) is 48.9 Å². The van der Waals surface area contributed by atoms with E-state index in [1.165, 1.54) is 8.55 Å². The fraction of sp³-hybridized carbons (Fsp3) is 0. The molecule has 0 aromatic rings. The Labute approximate surface area is 49.1 Å². The summed E-state index contributed by atoms with van der Waals surface area (Å²) >= 11 is 0. The van der Waals surface area contributed by atoms with Crippen molar-refractivity contribution in [2.75, 3.05) is 0 Å². The minimum atomic E-state index is 0.592. The Morgan fingerprint density at radius 1 is 1.17 bits per heavy atom. The summed E-state index contributed by atoms with van der Waals surface area (Å²) in [6.07, 6.45) is 0. The topological polar surface area (TPSA) is 0 Å². The minimum Gasteiger partial charge on any atom is 0.00829 e. The first-order valence-electron chi connectivity index (χ1n) is 1.75. The Morgan fingerprint density at radius 3 is 2.00 bits per heavy atom. The summed E-state index contributed by atoms with van der Waals surface area (Å²) in [7, 11) is 7.41. The molecule has 0 aliphatic carbocycles. The first-order chi connectivity index (χ1) is 2.97. The summed E-state index contributed by atoms with van der Waals surface area (Å²) in [5, 5.41) is 0. The second-order valence-electron chi connectivity index (χ2n) is 1.25. The Bertz CT molecular complexity index is 58.4. The first kappa shape index (κ1) is 4.21. The molecule has 0 N–H and O–H groups in total. The summed E-state index contributed by atoms with van der Waals surface area (Å²) in [6.45, 7) is 0. The van der Waals surface area contributed by atoms with Gasteiger partial charge in [-0.05, 0) is 0 Å². The van der Waals surface area contributed by atoms with E-state index >= 15 is 0 Å². The van der Waals surface area contributed by atoms with Crippen molar-refractivity contribution in [2.24, 2.45) is 0 Å². The highest BCUT2D eigenvalue weighted by atomic mass is 30.5. The van der Waals surface area contributed by atoms with Gasteiger partial charge in [-0.15, -0.1) is 0 Å². The monoisotopic (exact) mass is 168 g/mol. The highest BCUT2D eigenvalue weighted by Gasteiger charge is 2.56. The minimum absolute atomic E-state index is 0.592. The quantitative estimate of drug-likeness (QED) is 0.358. The zero-order chi connectivity index (χ0) is 3.98. The molecule has 9 radical (unpaired) electrons. The van der Waals surface area contributed by atoms with Gasteiger partial charge in [-0.25, -0.2) is 0 Å². The van der Waals surface area contributed by atoms with Gasteiger partial charge in [0, 0.05) is 8.55 Å². The van der Waals surface area contributed by atoms with Crippen LogP contribution < -0.4 is 0 Å². The van der Waals surface area contributed by atoms with Crippen molar-refractivity contribution in [1.29, 1.82) is 0 Å². The van der Waals surface area contributed by atoms with Crippen molar-refractivity contribution in [2.45, 2.75) is 0 Å². The van der Waals surface area contributed by atoms with E-state index in [1.54, 1.807) is 25.7 Å². The smallest absolute Gasteiger partial charge is 0.00829 e. The third-order valence-corrected chi connectivity index (χ3v) is 59.1. The van der Waals surface area contributed by atoms with E-state index in [-0.39, 0.29) is 0 Å². The lowest BCUT2D eigenvalue weighted by atomic mass is 26.3. The van der Waals surface area contributed by atoms with E-state index in [1.807, 2.05) is 0 Å². The Morgan fingerprint density at radius 2 is 1.83 bits per heavy atom. The molecule has 0 saturated carbocycles. The second-order valence-corrected chi connectivity index (χ2v) is 33.8. The molecule has 2 fully saturated rings. The van der Waals surface area contributed by atoms with Crippen LogP contribution in [0.3, 0.4) is 0 Å². The lowest BCUT2D eigenvalue weighted by Crippen LogP contribution is -2.14.